The number of nitrogens with zero attached hydrogens (tertiary/aromatic N) is 3. The van der Waals surface area contributed by atoms with Crippen molar-refractivity contribution in [2.45, 2.75) is 303 Å². The van der Waals surface area contributed by atoms with Gasteiger partial charge in [-0.15, -0.1) is 0 Å². The molecule has 0 aromatic carbocycles. The average molecular weight is 1400 g/mol. The third-order valence-corrected chi connectivity index (χ3v) is 16.8. The summed E-state index contributed by atoms with van der Waals surface area (Å²) < 4.78 is 76.1. The van der Waals surface area contributed by atoms with Crippen molar-refractivity contribution in [3.8, 4) is 0 Å². The molecule has 1 aliphatic rings. The van der Waals surface area contributed by atoms with E-state index in [2.05, 4.69) is 37.5 Å². The van der Waals surface area contributed by atoms with Gasteiger partial charge in [0.1, 0.15) is 30.8 Å². The molecular formula is C65H115N3Na2O22P2. The Kier molecular flexibility index (Phi) is 62.7. The molecule has 1 aliphatic heterocycles. The van der Waals surface area contributed by atoms with Crippen LogP contribution in [0.2, 0.25) is 0 Å². The van der Waals surface area contributed by atoms with Crippen molar-refractivity contribution in [1.82, 2.24) is 5.01 Å². The van der Waals surface area contributed by atoms with Crippen LogP contribution < -0.4 is 68.9 Å². The van der Waals surface area contributed by atoms with E-state index in [1.807, 2.05) is 0 Å². The molecule has 29 heteroatoms. The van der Waals surface area contributed by atoms with Crippen molar-refractivity contribution < 1.29 is 158 Å². The molecule has 0 spiro atoms. The molecule has 1 aromatic heterocycles. The summed E-state index contributed by atoms with van der Waals surface area (Å²) in [4.78, 5) is 96.9. The van der Waals surface area contributed by atoms with Crippen LogP contribution in [0.5, 0.6) is 0 Å². The number of unbranched alkanes of at least 4 members (excludes halogenated alkanes) is 32. The standard InChI is InChI=1S/C57H110O17P2.C8H7N3O5.2Na/c1-5-9-13-17-21-25-29-33-37-41-54(59)67-47-52(73-56(61)43-39-35-31-27-23-19-15-11-7-3)49-71-75(63,64)69-45-51(58)46-70-76(65,66)72-50-53(74-57(62)44-40-36-32-28-24-20-16-12-8-4)48-68-55(60)42-38-34-30-26-22-18-14-10-6-2;12-8-10(3-4-15-8)9-5-6-1-2-7(16-6)11(13)14;;/h51-53,58H,5-50H2,1-4H3,(H,63,64)(H,65,66);1-2,5H,3-4H2;;/q;;2*+1/p-2. The monoisotopic (exact) mass is 1400 g/mol. The van der Waals surface area contributed by atoms with Crippen LogP contribution in [0.15, 0.2) is 21.7 Å². The topological polar surface area (TPSA) is 341 Å². The van der Waals surface area contributed by atoms with Crippen molar-refractivity contribution in [2.24, 2.45) is 5.10 Å². The first-order chi connectivity index (χ1) is 44.3. The number of nitro groups is 1. The largest absolute Gasteiger partial charge is 1.00 e. The first-order valence-electron chi connectivity index (χ1n) is 34.6. The molecule has 1 fully saturated rings. The SMILES string of the molecule is CCCCCCCCCCCC(=O)OCC(COP(=O)([O-])OCC(O)COP(=O)([O-])OCC(COC(=O)CCCCCCCCCCC)OC(=O)CCCCCCCCCCC)OC(=O)CCCCCCCCCCC.O=C1OCCN1N=Cc1ccc([N+](=O)[O-])o1.[Na+].[Na+]. The molecule has 0 saturated carbocycles. The third-order valence-electron chi connectivity index (χ3n) is 14.9. The number of furan rings is 1. The van der Waals surface area contributed by atoms with E-state index in [0.29, 0.717) is 32.2 Å². The summed E-state index contributed by atoms with van der Waals surface area (Å²) in [5, 5.41) is 25.6. The fourth-order valence-electron chi connectivity index (χ4n) is 9.51. The van der Waals surface area contributed by atoms with Crippen molar-refractivity contribution >= 4 is 57.7 Å². The Morgan fingerprint density at radius 2 is 0.830 bits per heavy atom. The summed E-state index contributed by atoms with van der Waals surface area (Å²) in [6.45, 7) is 5.01. The number of carbonyl (C=O) groups excluding carboxylic acids is 5. The van der Waals surface area contributed by atoms with Crippen molar-refractivity contribution in [2.75, 3.05) is 52.8 Å². The number of carbonyl (C=O) groups is 5. The third kappa shape index (κ3) is 56.5. The molecule has 4 unspecified atom stereocenters. The fourth-order valence-corrected chi connectivity index (χ4v) is 11.1. The zero-order valence-electron chi connectivity index (χ0n) is 58.2. The summed E-state index contributed by atoms with van der Waals surface area (Å²) in [5.74, 6) is -2.41. The number of aliphatic hydroxyl groups excluding tert-OH is 1. The number of rotatable bonds is 61. The van der Waals surface area contributed by atoms with Crippen LogP contribution in [0, 0.1) is 10.1 Å². The van der Waals surface area contributed by atoms with E-state index < -0.39 is 108 Å². The number of aliphatic hydroxyl groups is 1. The maximum Gasteiger partial charge on any atom is 1.00 e. The van der Waals surface area contributed by atoms with Gasteiger partial charge in [0.2, 0.25) is 0 Å². The molecule has 25 nitrogen and oxygen atoms in total. The number of phosphoric ester groups is 2. The molecule has 0 aliphatic carbocycles. The van der Waals surface area contributed by atoms with Crippen LogP contribution in [0.3, 0.4) is 0 Å². The number of hydrogen-bond acceptors (Lipinski definition) is 23. The summed E-state index contributed by atoms with van der Waals surface area (Å²) in [5.41, 5.74) is 0. The smallest absolute Gasteiger partial charge is 0.756 e. The van der Waals surface area contributed by atoms with Crippen LogP contribution >= 0.6 is 15.6 Å². The second-order valence-electron chi connectivity index (χ2n) is 23.5. The van der Waals surface area contributed by atoms with Crippen LogP contribution in [0.1, 0.15) is 290 Å². The number of amides is 1. The Hall–Kier alpha value is -2.32. The summed E-state index contributed by atoms with van der Waals surface area (Å²) in [7, 11) is -10.4. The van der Waals surface area contributed by atoms with Gasteiger partial charge in [0.05, 0.1) is 45.3 Å². The Bertz CT molecular complexity index is 2110. The van der Waals surface area contributed by atoms with Crippen molar-refractivity contribution in [1.29, 1.82) is 0 Å². The van der Waals surface area contributed by atoms with E-state index >= 15 is 0 Å². The van der Waals surface area contributed by atoms with Crippen LogP contribution in [-0.2, 0) is 70.1 Å². The van der Waals surface area contributed by atoms with Gasteiger partial charge in [-0.2, -0.15) is 10.1 Å². The van der Waals surface area contributed by atoms with Crippen molar-refractivity contribution in [3.05, 3.63) is 28.0 Å². The molecule has 1 saturated heterocycles. The van der Waals surface area contributed by atoms with Gasteiger partial charge < -0.3 is 61.1 Å². The maximum absolute atomic E-state index is 12.8. The molecule has 534 valence electrons. The predicted octanol–water partition coefficient (Wildman–Crippen LogP) is 8.93. The molecule has 1 amide bonds. The van der Waals surface area contributed by atoms with E-state index in [1.54, 1.807) is 0 Å². The van der Waals surface area contributed by atoms with E-state index in [1.165, 1.54) is 121 Å². The molecule has 1 aromatic rings. The number of cyclic esters (lactones) is 1. The van der Waals surface area contributed by atoms with Gasteiger partial charge in [0, 0.05) is 25.7 Å². The second-order valence-corrected chi connectivity index (χ2v) is 26.4. The van der Waals surface area contributed by atoms with Gasteiger partial charge in [-0.3, -0.25) is 38.4 Å². The van der Waals surface area contributed by atoms with Gasteiger partial charge in [0.15, 0.2) is 18.0 Å². The molecule has 4 atom stereocenters. The van der Waals surface area contributed by atoms with E-state index in [-0.39, 0.29) is 103 Å². The average Bonchev–Trinajstić information content (AvgIpc) is 1.76. The summed E-state index contributed by atoms with van der Waals surface area (Å²) in [6.07, 6.45) is 34.9. The summed E-state index contributed by atoms with van der Waals surface area (Å²) >= 11 is 0. The zero-order valence-corrected chi connectivity index (χ0v) is 64.0. The van der Waals surface area contributed by atoms with Gasteiger partial charge in [-0.05, 0) is 31.7 Å². The van der Waals surface area contributed by atoms with E-state index in [0.717, 1.165) is 108 Å². The number of hydrogen-bond donors (Lipinski definition) is 1. The Morgan fingerprint density at radius 1 is 0.521 bits per heavy atom. The number of phosphoric acid groups is 2. The van der Waals surface area contributed by atoms with Gasteiger partial charge >= 0.3 is 95.0 Å². The minimum absolute atomic E-state index is 0. The number of esters is 4. The normalized spacial score (nSPS) is 14.3. The zero-order chi connectivity index (χ0) is 67.8. The van der Waals surface area contributed by atoms with Gasteiger partial charge in [-0.1, -0.05) is 233 Å². The molecule has 94 heavy (non-hydrogen) atoms. The number of hydrazone groups is 1. The maximum atomic E-state index is 12.8. The molecular weight excluding hydrogens is 1280 g/mol. The van der Waals surface area contributed by atoms with Crippen LogP contribution in [0.25, 0.3) is 0 Å². The second kappa shape index (κ2) is 62.9. The molecule has 0 bridgehead atoms. The first-order valence-corrected chi connectivity index (χ1v) is 37.6. The minimum Gasteiger partial charge on any atom is -0.756 e. The molecule has 0 radical (unpaired) electrons. The molecule has 1 N–H and O–H groups in total. The first kappa shape index (κ1) is 93.7. The summed E-state index contributed by atoms with van der Waals surface area (Å²) in [6, 6.07) is 2.60. The van der Waals surface area contributed by atoms with Gasteiger partial charge in [-0.25, -0.2) is 4.79 Å². The van der Waals surface area contributed by atoms with Gasteiger partial charge in [0.25, 0.3) is 15.6 Å². The Balaban J connectivity index is 0. The quantitative estimate of drug-likeness (QED) is 0.00929. The van der Waals surface area contributed by atoms with Crippen LogP contribution in [0.4, 0.5) is 10.7 Å². The fraction of sp³-hybridized carbons (Fsp3) is 0.846. The Morgan fingerprint density at radius 3 is 1.13 bits per heavy atom. The van der Waals surface area contributed by atoms with Crippen molar-refractivity contribution in [3.63, 3.8) is 0 Å². The number of ether oxygens (including phenoxy) is 5. The van der Waals surface area contributed by atoms with E-state index in [4.69, 9.17) is 41.5 Å². The van der Waals surface area contributed by atoms with Crippen LogP contribution in [-0.4, -0.2) is 122 Å². The minimum atomic E-state index is -5.20. The molecule has 2 heterocycles. The predicted molar refractivity (Wildman–Crippen MR) is 345 cm³/mol. The molecule has 2 rings (SSSR count). The van der Waals surface area contributed by atoms with E-state index in [9.17, 15) is 58.1 Å². The Labute approximate surface area is 605 Å².